The second kappa shape index (κ2) is 8.57. The summed E-state index contributed by atoms with van der Waals surface area (Å²) < 4.78 is 0.0322. The van der Waals surface area contributed by atoms with Gasteiger partial charge in [-0.15, -0.1) is 11.6 Å². The van der Waals surface area contributed by atoms with Crippen molar-refractivity contribution >= 4 is 39.4 Å². The molecule has 3 atom stereocenters. The summed E-state index contributed by atoms with van der Waals surface area (Å²) in [6, 6.07) is 0. The normalized spacial score (nSPS) is 31.1. The van der Waals surface area contributed by atoms with E-state index in [1.807, 2.05) is 6.08 Å². The zero-order valence-electron chi connectivity index (χ0n) is 12.9. The average molecular weight is 353 g/mol. The fraction of sp³-hybridized carbons (Fsp3) is 0.688. The molecule has 0 spiro atoms. The number of halogens is 3. The Labute approximate surface area is 142 Å². The maximum atomic E-state index is 10.2. The maximum Gasteiger partial charge on any atom is 0.192 e. The molecule has 1 rings (SSSR count). The Bertz CT molecular complexity index is 437. The highest BCUT2D eigenvalue weighted by Gasteiger charge is 2.41. The number of rotatable bonds is 5. The third-order valence-corrected chi connectivity index (χ3v) is 5.02. The van der Waals surface area contributed by atoms with Gasteiger partial charge in [0.1, 0.15) is 0 Å². The molecule has 0 aromatic rings. The average Bonchev–Trinajstić information content (AvgIpc) is 2.35. The smallest absolute Gasteiger partial charge is 0.192 e. The summed E-state index contributed by atoms with van der Waals surface area (Å²) in [6.45, 7) is 6.78. The van der Waals surface area contributed by atoms with E-state index in [-0.39, 0.29) is 15.4 Å². The van der Waals surface area contributed by atoms with Crippen LogP contribution in [0.15, 0.2) is 28.3 Å². The molecule has 0 heterocycles. The number of aliphatic hydroxyl groups excluding tert-OH is 1. The van der Waals surface area contributed by atoms with Crippen LogP contribution in [-0.4, -0.2) is 27.8 Å². The van der Waals surface area contributed by atoms with Gasteiger partial charge in [-0.25, -0.2) is 0 Å². The van der Waals surface area contributed by atoms with Crippen molar-refractivity contribution in [3.63, 3.8) is 0 Å². The zero-order chi connectivity index (χ0) is 16.0. The highest BCUT2D eigenvalue weighted by atomic mass is 35.5. The molecule has 0 aliphatic heterocycles. The minimum Gasteiger partial charge on any atom is -0.391 e. The summed E-state index contributed by atoms with van der Waals surface area (Å²) in [4.78, 5) is 3.94. The molecule has 21 heavy (non-hydrogen) atoms. The second-order valence-electron chi connectivity index (χ2n) is 6.27. The first-order valence-electron chi connectivity index (χ1n) is 7.23. The summed E-state index contributed by atoms with van der Waals surface area (Å²) in [5.41, 5.74) is 2.38. The molecule has 0 radical (unpaired) electrons. The Morgan fingerprint density at radius 1 is 1.43 bits per heavy atom. The van der Waals surface area contributed by atoms with E-state index in [0.717, 1.165) is 19.3 Å². The molecule has 1 aliphatic rings. The third-order valence-electron chi connectivity index (χ3n) is 3.96. The number of hydrogen-bond acceptors (Lipinski definition) is 2. The minimum atomic E-state index is -0.515. The van der Waals surface area contributed by atoms with Crippen molar-refractivity contribution in [1.82, 2.24) is 0 Å². The van der Waals surface area contributed by atoms with E-state index in [1.54, 1.807) is 0 Å². The van der Waals surface area contributed by atoms with Crippen molar-refractivity contribution in [3.05, 3.63) is 23.3 Å². The van der Waals surface area contributed by atoms with Gasteiger partial charge in [0.15, 0.2) is 4.63 Å². The predicted octanol–water partition coefficient (Wildman–Crippen LogP) is 5.26. The van der Waals surface area contributed by atoms with Crippen LogP contribution in [-0.2, 0) is 0 Å². The van der Waals surface area contributed by atoms with Gasteiger partial charge in [0.2, 0.25) is 0 Å². The molecule has 120 valence electrons. The lowest BCUT2D eigenvalue weighted by Gasteiger charge is -2.42. The van der Waals surface area contributed by atoms with Crippen LogP contribution in [0.3, 0.4) is 0 Å². The quantitative estimate of drug-likeness (QED) is 0.408. The Morgan fingerprint density at radius 2 is 2.10 bits per heavy atom. The van der Waals surface area contributed by atoms with Crippen molar-refractivity contribution < 1.29 is 5.11 Å². The van der Waals surface area contributed by atoms with Crippen molar-refractivity contribution in [2.75, 3.05) is 6.54 Å². The fourth-order valence-corrected chi connectivity index (χ4v) is 3.25. The van der Waals surface area contributed by atoms with Gasteiger partial charge < -0.3 is 5.11 Å². The lowest BCUT2D eigenvalue weighted by Crippen LogP contribution is -2.42. The first-order valence-corrected chi connectivity index (χ1v) is 8.42. The Balaban J connectivity index is 2.77. The van der Waals surface area contributed by atoms with E-state index in [1.165, 1.54) is 11.1 Å². The molecular weight excluding hydrogens is 329 g/mol. The summed E-state index contributed by atoms with van der Waals surface area (Å²) in [7, 11) is 0. The summed E-state index contributed by atoms with van der Waals surface area (Å²) in [5, 5.41) is 10.0. The van der Waals surface area contributed by atoms with Gasteiger partial charge in [-0.05, 0) is 68.1 Å². The maximum absolute atomic E-state index is 10.2. The number of allylic oxidation sites excluding steroid dienone is 2. The molecule has 2 nitrogen and oxygen atoms in total. The van der Waals surface area contributed by atoms with Gasteiger partial charge >= 0.3 is 0 Å². The van der Waals surface area contributed by atoms with Crippen LogP contribution in [0.4, 0.5) is 0 Å². The molecule has 0 amide bonds. The topological polar surface area (TPSA) is 32.6 Å². The predicted molar refractivity (Wildman–Crippen MR) is 93.7 cm³/mol. The van der Waals surface area contributed by atoms with Crippen LogP contribution in [0, 0.1) is 5.41 Å². The third kappa shape index (κ3) is 6.32. The van der Waals surface area contributed by atoms with Gasteiger partial charge in [-0.2, -0.15) is 0 Å². The second-order valence-corrected chi connectivity index (χ2v) is 7.65. The van der Waals surface area contributed by atoms with Gasteiger partial charge in [-0.1, -0.05) is 30.2 Å². The Kier molecular flexibility index (Phi) is 7.77. The lowest BCUT2D eigenvalue weighted by atomic mass is 9.69. The van der Waals surface area contributed by atoms with Crippen molar-refractivity contribution in [1.29, 1.82) is 0 Å². The van der Waals surface area contributed by atoms with Crippen molar-refractivity contribution in [2.24, 2.45) is 10.4 Å². The number of aliphatic hydroxyl groups is 1. The molecule has 1 saturated carbocycles. The monoisotopic (exact) mass is 351 g/mol. The highest BCUT2D eigenvalue weighted by molar-refractivity contribution is 6.95. The number of aliphatic imine (C=N–C) groups is 1. The van der Waals surface area contributed by atoms with Crippen LogP contribution in [0.1, 0.15) is 46.5 Å². The lowest BCUT2D eigenvalue weighted by molar-refractivity contribution is 0.0826. The summed E-state index contributed by atoms with van der Waals surface area (Å²) >= 11 is 17.5. The van der Waals surface area contributed by atoms with E-state index in [0.29, 0.717) is 13.0 Å². The van der Waals surface area contributed by atoms with Crippen LogP contribution in [0.5, 0.6) is 0 Å². The molecule has 0 aromatic heterocycles. The number of hydrogen-bond donors (Lipinski definition) is 1. The summed E-state index contributed by atoms with van der Waals surface area (Å²) in [6.07, 6.45) is 7.12. The molecule has 1 N–H and O–H groups in total. The first kappa shape index (κ1) is 19.0. The van der Waals surface area contributed by atoms with Gasteiger partial charge in [0, 0.05) is 0 Å². The van der Waals surface area contributed by atoms with Crippen molar-refractivity contribution in [2.45, 2.75) is 57.9 Å². The molecule has 0 bridgehead atoms. The molecule has 5 heteroatoms. The van der Waals surface area contributed by atoms with Crippen molar-refractivity contribution in [3.8, 4) is 0 Å². The minimum absolute atomic E-state index is 0.0322. The van der Waals surface area contributed by atoms with E-state index in [4.69, 9.17) is 34.8 Å². The van der Waals surface area contributed by atoms with E-state index in [2.05, 4.69) is 31.8 Å². The fourth-order valence-electron chi connectivity index (χ4n) is 2.84. The Morgan fingerprint density at radius 3 is 2.67 bits per heavy atom. The molecule has 1 aliphatic carbocycles. The molecule has 0 unspecified atom stereocenters. The largest absolute Gasteiger partial charge is 0.391 e. The SMILES string of the molecule is CC(C)=CCC[C@]1(C)C/C(=C\CN=C(Cl)Cl)C[C@H](O)[C@H]1Cl. The van der Waals surface area contributed by atoms with E-state index >= 15 is 0 Å². The van der Waals surface area contributed by atoms with Gasteiger partial charge in [-0.3, -0.25) is 4.99 Å². The van der Waals surface area contributed by atoms with Gasteiger partial charge in [0.05, 0.1) is 18.0 Å². The molecule has 1 fully saturated rings. The van der Waals surface area contributed by atoms with Gasteiger partial charge in [0.25, 0.3) is 0 Å². The molecule has 0 saturated heterocycles. The van der Waals surface area contributed by atoms with Crippen LogP contribution >= 0.6 is 34.8 Å². The van der Waals surface area contributed by atoms with E-state index < -0.39 is 6.10 Å². The first-order chi connectivity index (χ1) is 9.74. The molecule has 0 aromatic carbocycles. The Hall–Kier alpha value is -0.0200. The van der Waals surface area contributed by atoms with Crippen LogP contribution in [0.25, 0.3) is 0 Å². The number of nitrogens with zero attached hydrogens (tertiary/aromatic N) is 1. The van der Waals surface area contributed by atoms with E-state index in [9.17, 15) is 5.11 Å². The highest BCUT2D eigenvalue weighted by Crippen LogP contribution is 2.45. The standard InChI is InChI=1S/C16H24Cl3NO/c1-11(2)5-4-7-16(3)10-12(6-8-20-15(18)19)9-13(21)14(16)17/h5-6,13-14,21H,4,7-10H2,1-3H3/b12-6-/t13-,14+,16+/m0/s1. The van der Waals surface area contributed by atoms with Crippen LogP contribution < -0.4 is 0 Å². The molecular formula is C16H24Cl3NO. The number of alkyl halides is 1. The summed E-state index contributed by atoms with van der Waals surface area (Å²) in [5.74, 6) is 0. The zero-order valence-corrected chi connectivity index (χ0v) is 15.1. The van der Waals surface area contributed by atoms with Crippen LogP contribution in [0.2, 0.25) is 0 Å².